The quantitative estimate of drug-likeness (QED) is 0.324. The molecule has 0 bridgehead atoms. The summed E-state index contributed by atoms with van der Waals surface area (Å²) in [5, 5.41) is 0. The second-order valence-corrected chi connectivity index (χ2v) is 6.12. The summed E-state index contributed by atoms with van der Waals surface area (Å²) in [5.41, 5.74) is 3.95. The predicted octanol–water partition coefficient (Wildman–Crippen LogP) is 7.72. The van der Waals surface area contributed by atoms with Crippen LogP contribution in [0.25, 0.3) is 18.2 Å². The van der Waals surface area contributed by atoms with Crippen LogP contribution in [-0.2, 0) is 9.53 Å². The lowest BCUT2D eigenvalue weighted by atomic mass is 10.2. The van der Waals surface area contributed by atoms with E-state index in [1.54, 1.807) is 6.92 Å². The van der Waals surface area contributed by atoms with Gasteiger partial charge in [-0.05, 0) is 23.6 Å². The molecule has 0 aliphatic rings. The summed E-state index contributed by atoms with van der Waals surface area (Å²) in [4.78, 5) is 10.2. The number of ether oxygens (including phenoxy) is 1. The summed E-state index contributed by atoms with van der Waals surface area (Å²) >= 11 is 0. The fourth-order valence-electron chi connectivity index (χ4n) is 1.94. The molecule has 3 aromatic rings. The molecule has 0 spiro atoms. The summed E-state index contributed by atoms with van der Waals surface area (Å²) in [6.07, 6.45) is 5.50. The van der Waals surface area contributed by atoms with Gasteiger partial charge in [0.2, 0.25) is 0 Å². The number of esters is 1. The van der Waals surface area contributed by atoms with Gasteiger partial charge in [-0.3, -0.25) is 0 Å². The van der Waals surface area contributed by atoms with E-state index in [2.05, 4.69) is 31.1 Å². The van der Waals surface area contributed by atoms with Gasteiger partial charge in [0.25, 0.3) is 0 Å². The van der Waals surface area contributed by atoms with E-state index in [1.807, 2.05) is 109 Å². The number of carbonyl (C=O) groups excluding carboxylic acids is 1. The van der Waals surface area contributed by atoms with Crippen LogP contribution in [0.4, 0.5) is 0 Å². The summed E-state index contributed by atoms with van der Waals surface area (Å²) in [6.45, 7) is 15.8. The first-order valence-electron chi connectivity index (χ1n) is 9.74. The molecule has 0 N–H and O–H groups in total. The van der Waals surface area contributed by atoms with Crippen LogP contribution in [0.2, 0.25) is 0 Å². The Morgan fingerprint density at radius 3 is 1.00 bits per heavy atom. The SMILES string of the molecule is C=C(C)C(=O)OC.C=Cc1ccccc1.C=Cc1ccccc1.C=Cc1ccccc1. The molecular formula is C29H32O2. The highest BCUT2D eigenvalue weighted by molar-refractivity contribution is 5.86. The average Bonchev–Trinajstić information content (AvgIpc) is 2.86. The van der Waals surface area contributed by atoms with Gasteiger partial charge in [0.1, 0.15) is 0 Å². The molecule has 31 heavy (non-hydrogen) atoms. The van der Waals surface area contributed by atoms with Gasteiger partial charge in [0, 0.05) is 5.57 Å². The number of methoxy groups -OCH3 is 1. The molecule has 0 heterocycles. The zero-order chi connectivity index (χ0) is 23.3. The van der Waals surface area contributed by atoms with E-state index in [1.165, 1.54) is 23.8 Å². The van der Waals surface area contributed by atoms with E-state index in [0.717, 1.165) is 0 Å². The smallest absolute Gasteiger partial charge is 0.332 e. The van der Waals surface area contributed by atoms with Gasteiger partial charge in [-0.15, -0.1) is 0 Å². The van der Waals surface area contributed by atoms with Crippen LogP contribution in [0.15, 0.2) is 123 Å². The molecule has 160 valence electrons. The zero-order valence-corrected chi connectivity index (χ0v) is 18.5. The molecule has 3 rings (SSSR count). The summed E-state index contributed by atoms with van der Waals surface area (Å²) in [7, 11) is 1.33. The first kappa shape index (κ1) is 27.1. The maximum atomic E-state index is 10.2. The second-order valence-electron chi connectivity index (χ2n) is 6.12. The van der Waals surface area contributed by atoms with Crippen molar-refractivity contribution in [2.24, 2.45) is 0 Å². The van der Waals surface area contributed by atoms with Crippen LogP contribution in [0, 0.1) is 0 Å². The third-order valence-corrected chi connectivity index (χ3v) is 3.64. The Morgan fingerprint density at radius 2 is 0.903 bits per heavy atom. The first-order valence-corrected chi connectivity index (χ1v) is 9.74. The van der Waals surface area contributed by atoms with Crippen molar-refractivity contribution in [1.82, 2.24) is 0 Å². The van der Waals surface area contributed by atoms with Gasteiger partial charge in [0.05, 0.1) is 7.11 Å². The Balaban J connectivity index is 0.000000388. The molecule has 0 aliphatic carbocycles. The van der Waals surface area contributed by atoms with Crippen LogP contribution < -0.4 is 0 Å². The summed E-state index contributed by atoms with van der Waals surface area (Å²) in [5.74, 6) is -0.347. The van der Waals surface area contributed by atoms with Crippen molar-refractivity contribution in [3.8, 4) is 0 Å². The first-order chi connectivity index (χ1) is 15.0. The largest absolute Gasteiger partial charge is 0.466 e. The summed E-state index contributed by atoms with van der Waals surface area (Å²) in [6, 6.07) is 30.1. The van der Waals surface area contributed by atoms with E-state index in [-0.39, 0.29) is 5.97 Å². The van der Waals surface area contributed by atoms with Crippen LogP contribution in [-0.4, -0.2) is 13.1 Å². The number of hydrogen-bond donors (Lipinski definition) is 0. The normalized spacial score (nSPS) is 8.32. The molecule has 0 aromatic heterocycles. The summed E-state index contributed by atoms with van der Waals surface area (Å²) < 4.78 is 4.27. The van der Waals surface area contributed by atoms with Crippen LogP contribution in [0.1, 0.15) is 23.6 Å². The molecule has 0 radical (unpaired) electrons. The van der Waals surface area contributed by atoms with Crippen LogP contribution in [0.5, 0.6) is 0 Å². The molecular weight excluding hydrogens is 380 g/mol. The van der Waals surface area contributed by atoms with Crippen molar-refractivity contribution in [2.75, 3.05) is 7.11 Å². The average molecular weight is 413 g/mol. The van der Waals surface area contributed by atoms with E-state index < -0.39 is 0 Å². The van der Waals surface area contributed by atoms with Gasteiger partial charge < -0.3 is 4.74 Å². The van der Waals surface area contributed by atoms with Crippen molar-refractivity contribution in [3.63, 3.8) is 0 Å². The molecule has 0 amide bonds. The van der Waals surface area contributed by atoms with Gasteiger partial charge in [-0.2, -0.15) is 0 Å². The lowest BCUT2D eigenvalue weighted by Gasteiger charge is -1.91. The molecule has 2 nitrogen and oxygen atoms in total. The zero-order valence-electron chi connectivity index (χ0n) is 18.5. The van der Waals surface area contributed by atoms with Gasteiger partial charge in [-0.1, -0.05) is 136 Å². The van der Waals surface area contributed by atoms with Gasteiger partial charge in [0.15, 0.2) is 0 Å². The van der Waals surface area contributed by atoms with Crippen LogP contribution >= 0.6 is 0 Å². The molecule has 0 fully saturated rings. The topological polar surface area (TPSA) is 26.3 Å². The predicted molar refractivity (Wildman–Crippen MR) is 136 cm³/mol. The molecule has 0 aliphatic heterocycles. The molecule has 0 unspecified atom stereocenters. The lowest BCUT2D eigenvalue weighted by Crippen LogP contribution is -1.98. The Morgan fingerprint density at radius 1 is 0.645 bits per heavy atom. The van der Waals surface area contributed by atoms with Crippen LogP contribution in [0.3, 0.4) is 0 Å². The van der Waals surface area contributed by atoms with Crippen molar-refractivity contribution < 1.29 is 9.53 Å². The fraction of sp³-hybridized carbons (Fsp3) is 0.0690. The van der Waals surface area contributed by atoms with E-state index >= 15 is 0 Å². The Hall–Kier alpha value is -3.91. The third kappa shape index (κ3) is 14.7. The van der Waals surface area contributed by atoms with Gasteiger partial charge in [-0.25, -0.2) is 4.79 Å². The molecule has 3 aromatic carbocycles. The minimum absolute atomic E-state index is 0.347. The lowest BCUT2D eigenvalue weighted by molar-refractivity contribution is -0.136. The second kappa shape index (κ2) is 18.1. The standard InChI is InChI=1S/3C8H8.C5H8O2/c3*1-2-8-6-4-3-5-7-8;1-4(2)5(6)7-3/h3*2-7H,1H2;1H2,2-3H3. The van der Waals surface area contributed by atoms with Crippen molar-refractivity contribution in [3.05, 3.63) is 140 Å². The molecule has 0 atom stereocenters. The van der Waals surface area contributed by atoms with Crippen molar-refractivity contribution >= 4 is 24.2 Å². The monoisotopic (exact) mass is 412 g/mol. The van der Waals surface area contributed by atoms with Gasteiger partial charge >= 0.3 is 5.97 Å². The number of rotatable bonds is 4. The minimum Gasteiger partial charge on any atom is -0.466 e. The van der Waals surface area contributed by atoms with Crippen molar-refractivity contribution in [2.45, 2.75) is 6.92 Å². The molecule has 0 saturated heterocycles. The maximum Gasteiger partial charge on any atom is 0.332 e. The number of hydrogen-bond acceptors (Lipinski definition) is 2. The van der Waals surface area contributed by atoms with Crippen molar-refractivity contribution in [1.29, 1.82) is 0 Å². The maximum absolute atomic E-state index is 10.2. The highest BCUT2D eigenvalue weighted by Gasteiger charge is 1.95. The number of benzene rings is 3. The molecule has 2 heteroatoms. The highest BCUT2D eigenvalue weighted by atomic mass is 16.5. The minimum atomic E-state index is -0.347. The Bertz CT molecular complexity index is 792. The Kier molecular flexibility index (Phi) is 15.9. The Labute approximate surface area is 187 Å². The highest BCUT2D eigenvalue weighted by Crippen LogP contribution is 1.98. The van der Waals surface area contributed by atoms with E-state index in [0.29, 0.717) is 5.57 Å². The number of carbonyl (C=O) groups is 1. The van der Waals surface area contributed by atoms with E-state index in [9.17, 15) is 4.79 Å². The fourth-order valence-corrected chi connectivity index (χ4v) is 1.94. The molecule has 0 saturated carbocycles. The third-order valence-electron chi connectivity index (χ3n) is 3.64. The van der Waals surface area contributed by atoms with E-state index in [4.69, 9.17) is 0 Å².